The number of carbonyl (C=O) groups is 1. The van der Waals surface area contributed by atoms with Crippen LogP contribution in [-0.2, 0) is 0 Å². The fourth-order valence-corrected chi connectivity index (χ4v) is 2.95. The predicted octanol–water partition coefficient (Wildman–Crippen LogP) is 2.61. The van der Waals surface area contributed by atoms with Crippen LogP contribution in [0, 0.1) is 11.6 Å². The highest BCUT2D eigenvalue weighted by Gasteiger charge is 2.27. The summed E-state index contributed by atoms with van der Waals surface area (Å²) in [6, 6.07) is 2.29. The summed E-state index contributed by atoms with van der Waals surface area (Å²) in [5, 5.41) is 6.15. The molecule has 0 bridgehead atoms. The zero-order valence-electron chi connectivity index (χ0n) is 14.3. The molecule has 0 radical (unpaired) electrons. The van der Waals surface area contributed by atoms with Crippen LogP contribution in [0.4, 0.5) is 20.3 Å². The highest BCUT2D eigenvalue weighted by Crippen LogP contribution is 2.28. The predicted molar refractivity (Wildman–Crippen MR) is 101 cm³/mol. The molecule has 0 saturated heterocycles. The van der Waals surface area contributed by atoms with Crippen LogP contribution in [0.15, 0.2) is 23.4 Å². The molecule has 7 nitrogen and oxygen atoms in total. The lowest BCUT2D eigenvalue weighted by atomic mass is 10.00. The summed E-state index contributed by atoms with van der Waals surface area (Å²) in [6.07, 6.45) is 2.18. The van der Waals surface area contributed by atoms with Crippen molar-refractivity contribution in [2.24, 2.45) is 16.7 Å². The van der Waals surface area contributed by atoms with Crippen LogP contribution >= 0.6 is 11.9 Å². The SMILES string of the molecule is CCCSNc1ccc(F)c(C(=O)c2c[nH]c(NC)c2/C(N)=N/N)c1F. The van der Waals surface area contributed by atoms with Gasteiger partial charge >= 0.3 is 0 Å². The quantitative estimate of drug-likeness (QED) is 0.0910. The highest BCUT2D eigenvalue weighted by molar-refractivity contribution is 8.00. The van der Waals surface area contributed by atoms with Crippen molar-refractivity contribution in [3.63, 3.8) is 0 Å². The van der Waals surface area contributed by atoms with Crippen LogP contribution < -0.4 is 21.6 Å². The van der Waals surface area contributed by atoms with Crippen LogP contribution in [0.1, 0.15) is 34.8 Å². The van der Waals surface area contributed by atoms with Gasteiger partial charge in [-0.05, 0) is 18.6 Å². The second-order valence-electron chi connectivity index (χ2n) is 5.28. The smallest absolute Gasteiger partial charge is 0.201 e. The summed E-state index contributed by atoms with van der Waals surface area (Å²) in [6.45, 7) is 1.97. The lowest BCUT2D eigenvalue weighted by Crippen LogP contribution is -2.20. The van der Waals surface area contributed by atoms with Crippen molar-refractivity contribution in [3.8, 4) is 0 Å². The number of nitrogens with two attached hydrogens (primary N) is 2. The van der Waals surface area contributed by atoms with E-state index in [-0.39, 0.29) is 22.6 Å². The van der Waals surface area contributed by atoms with Gasteiger partial charge in [0.15, 0.2) is 11.7 Å². The summed E-state index contributed by atoms with van der Waals surface area (Å²) in [5.41, 5.74) is 5.18. The number of carbonyl (C=O) groups excluding carboxylic acids is 1. The Morgan fingerprint density at radius 2 is 2.08 bits per heavy atom. The molecule has 0 fully saturated rings. The van der Waals surface area contributed by atoms with Gasteiger partial charge in [0, 0.05) is 19.0 Å². The Labute approximate surface area is 153 Å². The Hall–Kier alpha value is -2.75. The van der Waals surface area contributed by atoms with Gasteiger partial charge in [-0.3, -0.25) is 4.79 Å². The van der Waals surface area contributed by atoms with Crippen molar-refractivity contribution in [1.29, 1.82) is 0 Å². The number of halogens is 2. The Morgan fingerprint density at radius 3 is 2.69 bits per heavy atom. The normalized spacial score (nSPS) is 11.5. The van der Waals surface area contributed by atoms with E-state index in [1.54, 1.807) is 7.05 Å². The van der Waals surface area contributed by atoms with Crippen molar-refractivity contribution in [1.82, 2.24) is 4.98 Å². The number of anilines is 2. The van der Waals surface area contributed by atoms with E-state index in [0.717, 1.165) is 18.2 Å². The molecule has 0 aliphatic heterocycles. The Balaban J connectivity index is 2.51. The first-order valence-electron chi connectivity index (χ1n) is 7.79. The number of nitrogens with zero attached hydrogens (tertiary/aromatic N) is 1. The average Bonchev–Trinajstić information content (AvgIpc) is 3.07. The second kappa shape index (κ2) is 8.56. The van der Waals surface area contributed by atoms with E-state index < -0.39 is 23.0 Å². The summed E-state index contributed by atoms with van der Waals surface area (Å²) < 4.78 is 31.8. The molecule has 10 heteroatoms. The third kappa shape index (κ3) is 3.74. The van der Waals surface area contributed by atoms with Gasteiger partial charge in [0.2, 0.25) is 5.78 Å². The Morgan fingerprint density at radius 1 is 1.35 bits per heavy atom. The molecule has 2 rings (SSSR count). The van der Waals surface area contributed by atoms with Gasteiger partial charge in [-0.2, -0.15) is 5.10 Å². The number of amidine groups is 1. The van der Waals surface area contributed by atoms with Gasteiger partial charge in [0.05, 0.1) is 22.4 Å². The van der Waals surface area contributed by atoms with Crippen LogP contribution in [0.5, 0.6) is 0 Å². The first-order chi connectivity index (χ1) is 12.5. The number of H-pyrrole nitrogens is 1. The summed E-state index contributed by atoms with van der Waals surface area (Å²) in [7, 11) is 1.59. The Bertz CT molecular complexity index is 836. The molecular formula is C16H20F2N6OS. The maximum atomic E-state index is 14.8. The third-order valence-corrected chi connectivity index (χ3v) is 4.55. The van der Waals surface area contributed by atoms with Crippen LogP contribution in [0.25, 0.3) is 0 Å². The average molecular weight is 382 g/mol. The topological polar surface area (TPSA) is 121 Å². The molecule has 1 aromatic carbocycles. The molecule has 0 saturated carbocycles. The number of hydrogen-bond acceptors (Lipinski definition) is 6. The molecule has 26 heavy (non-hydrogen) atoms. The van der Waals surface area contributed by atoms with Crippen molar-refractivity contribution < 1.29 is 13.6 Å². The van der Waals surface area contributed by atoms with E-state index in [1.807, 2.05) is 6.92 Å². The number of aromatic amines is 1. The van der Waals surface area contributed by atoms with Gasteiger partial charge in [0.1, 0.15) is 11.6 Å². The first-order valence-corrected chi connectivity index (χ1v) is 8.78. The van der Waals surface area contributed by atoms with Crippen molar-refractivity contribution in [2.45, 2.75) is 13.3 Å². The van der Waals surface area contributed by atoms with Gasteiger partial charge in [-0.25, -0.2) is 8.78 Å². The number of rotatable bonds is 8. The van der Waals surface area contributed by atoms with E-state index in [0.29, 0.717) is 5.82 Å². The number of nitrogens with one attached hydrogen (secondary N) is 3. The van der Waals surface area contributed by atoms with E-state index in [4.69, 9.17) is 11.6 Å². The lowest BCUT2D eigenvalue weighted by molar-refractivity contribution is 0.103. The number of aromatic nitrogens is 1. The van der Waals surface area contributed by atoms with Crippen molar-refractivity contribution >= 4 is 35.1 Å². The van der Waals surface area contributed by atoms with Crippen LogP contribution in [0.3, 0.4) is 0 Å². The van der Waals surface area contributed by atoms with Gasteiger partial charge in [0.25, 0.3) is 0 Å². The molecule has 0 atom stereocenters. The number of benzene rings is 1. The fourth-order valence-electron chi connectivity index (χ4n) is 2.34. The zero-order valence-corrected chi connectivity index (χ0v) is 15.1. The van der Waals surface area contributed by atoms with Crippen molar-refractivity contribution in [3.05, 3.63) is 46.7 Å². The van der Waals surface area contributed by atoms with Gasteiger partial charge < -0.3 is 26.6 Å². The summed E-state index contributed by atoms with van der Waals surface area (Å²) in [5.74, 6) is 3.32. The van der Waals surface area contributed by atoms with Crippen LogP contribution in [0.2, 0.25) is 0 Å². The minimum absolute atomic E-state index is 0.0274. The molecule has 0 aliphatic rings. The maximum Gasteiger partial charge on any atom is 0.201 e. The maximum absolute atomic E-state index is 14.8. The third-order valence-electron chi connectivity index (χ3n) is 3.58. The standard InChI is InChI=1S/C16H20F2N6OS/c1-3-6-26-24-10-5-4-9(17)12(13(10)18)14(25)8-7-22-16(21-2)11(8)15(19)23-20/h4-5,7,21-22,24H,3,6,20H2,1-2H3,(H2,19,23). The minimum atomic E-state index is -0.972. The second-order valence-corrected chi connectivity index (χ2v) is 6.18. The number of hydrogen-bond donors (Lipinski definition) is 5. The molecule has 0 amide bonds. The number of ketones is 1. The minimum Gasteiger partial charge on any atom is -0.382 e. The molecule has 140 valence electrons. The Kier molecular flexibility index (Phi) is 6.45. The van der Waals surface area contributed by atoms with Crippen molar-refractivity contribution in [2.75, 3.05) is 22.8 Å². The van der Waals surface area contributed by atoms with E-state index in [1.165, 1.54) is 24.2 Å². The molecule has 0 aliphatic carbocycles. The van der Waals surface area contributed by atoms with Gasteiger partial charge in [-0.1, -0.05) is 18.9 Å². The molecule has 0 spiro atoms. The first kappa shape index (κ1) is 19.6. The lowest BCUT2D eigenvalue weighted by Gasteiger charge is -2.11. The highest BCUT2D eigenvalue weighted by atomic mass is 32.2. The molecule has 7 N–H and O–H groups in total. The number of hydrazone groups is 1. The fraction of sp³-hybridized carbons (Fsp3) is 0.250. The molecule has 0 unspecified atom stereocenters. The largest absolute Gasteiger partial charge is 0.382 e. The van der Waals surface area contributed by atoms with E-state index in [9.17, 15) is 13.6 Å². The van der Waals surface area contributed by atoms with E-state index in [2.05, 4.69) is 20.1 Å². The zero-order chi connectivity index (χ0) is 19.3. The summed E-state index contributed by atoms with van der Waals surface area (Å²) in [4.78, 5) is 15.6. The molecule has 2 aromatic rings. The molecule has 1 heterocycles. The molecular weight excluding hydrogens is 362 g/mol. The molecule has 1 aromatic heterocycles. The van der Waals surface area contributed by atoms with Gasteiger partial charge in [-0.15, -0.1) is 0 Å². The monoisotopic (exact) mass is 382 g/mol. The summed E-state index contributed by atoms with van der Waals surface area (Å²) >= 11 is 1.27. The van der Waals surface area contributed by atoms with Crippen LogP contribution in [-0.4, -0.2) is 29.4 Å². The van der Waals surface area contributed by atoms with E-state index >= 15 is 0 Å².